The summed E-state index contributed by atoms with van der Waals surface area (Å²) in [5.41, 5.74) is 2.79. The van der Waals surface area contributed by atoms with E-state index in [1.807, 2.05) is 6.92 Å². The van der Waals surface area contributed by atoms with Crippen molar-refractivity contribution in [3.8, 4) is 0 Å². The fourth-order valence-corrected chi connectivity index (χ4v) is 2.94. The number of nitrogens with zero attached hydrogens (tertiary/aromatic N) is 1. The van der Waals surface area contributed by atoms with Crippen molar-refractivity contribution >= 4 is 17.2 Å². The zero-order valence-corrected chi connectivity index (χ0v) is 10.5. The molecular weight excluding hydrogens is 220 g/mol. The van der Waals surface area contributed by atoms with Crippen molar-refractivity contribution in [3.63, 3.8) is 0 Å². The Bertz CT molecular complexity index is 356. The molecule has 0 aromatic carbocycles. The molecule has 1 saturated carbocycles. The predicted octanol–water partition coefficient (Wildman–Crippen LogP) is 2.44. The minimum atomic E-state index is 0.152. The topological polar surface area (TPSA) is 42.0 Å². The lowest BCUT2D eigenvalue weighted by molar-refractivity contribution is -0.121. The van der Waals surface area contributed by atoms with Crippen LogP contribution in [0, 0.1) is 6.92 Å². The van der Waals surface area contributed by atoms with Crippen molar-refractivity contribution in [2.45, 2.75) is 51.5 Å². The fraction of sp³-hybridized carbons (Fsp3) is 0.667. The van der Waals surface area contributed by atoms with Crippen LogP contribution in [0.3, 0.4) is 0 Å². The highest BCUT2D eigenvalue weighted by Crippen LogP contribution is 2.18. The molecule has 0 unspecified atom stereocenters. The van der Waals surface area contributed by atoms with E-state index >= 15 is 0 Å². The Labute approximate surface area is 100 Å². The third-order valence-corrected chi connectivity index (χ3v) is 4.07. The minimum absolute atomic E-state index is 0.152. The molecule has 0 aliphatic heterocycles. The van der Waals surface area contributed by atoms with Crippen LogP contribution in [0.5, 0.6) is 0 Å². The van der Waals surface area contributed by atoms with Gasteiger partial charge in [0, 0.05) is 10.9 Å². The van der Waals surface area contributed by atoms with Gasteiger partial charge in [-0.15, -0.1) is 11.3 Å². The van der Waals surface area contributed by atoms with Gasteiger partial charge < -0.3 is 5.32 Å². The number of hydrogen-bond donors (Lipinski definition) is 1. The molecule has 1 N–H and O–H groups in total. The van der Waals surface area contributed by atoms with Gasteiger partial charge in [-0.05, 0) is 19.8 Å². The number of thiazole rings is 1. The van der Waals surface area contributed by atoms with Crippen molar-refractivity contribution in [2.24, 2.45) is 0 Å². The molecule has 1 aromatic heterocycles. The van der Waals surface area contributed by atoms with Gasteiger partial charge in [-0.25, -0.2) is 4.98 Å². The molecule has 0 spiro atoms. The average molecular weight is 238 g/mol. The molecule has 1 fully saturated rings. The first-order chi connectivity index (χ1) is 7.75. The molecule has 88 valence electrons. The van der Waals surface area contributed by atoms with Gasteiger partial charge in [-0.2, -0.15) is 0 Å². The molecule has 2 rings (SSSR count). The molecule has 0 bridgehead atoms. The molecule has 1 aromatic rings. The standard InChI is InChI=1S/C12H18N2OS/c1-9-11(16-8-13-9)7-12(15)14-10-5-3-2-4-6-10/h8,10H,2-7H2,1H3,(H,14,15). The highest BCUT2D eigenvalue weighted by atomic mass is 32.1. The molecule has 0 saturated heterocycles. The Morgan fingerprint density at radius 3 is 2.88 bits per heavy atom. The Kier molecular flexibility index (Phi) is 3.93. The van der Waals surface area contributed by atoms with Crippen LogP contribution in [0.2, 0.25) is 0 Å². The van der Waals surface area contributed by atoms with Crippen LogP contribution in [0.15, 0.2) is 5.51 Å². The Hall–Kier alpha value is -0.900. The fourth-order valence-electron chi connectivity index (χ4n) is 2.17. The van der Waals surface area contributed by atoms with Crippen molar-refractivity contribution < 1.29 is 4.79 Å². The van der Waals surface area contributed by atoms with Gasteiger partial charge in [0.1, 0.15) is 0 Å². The third-order valence-electron chi connectivity index (χ3n) is 3.14. The van der Waals surface area contributed by atoms with Crippen LogP contribution in [-0.2, 0) is 11.2 Å². The summed E-state index contributed by atoms with van der Waals surface area (Å²) in [5, 5.41) is 3.12. The molecule has 1 aliphatic carbocycles. The second-order valence-corrected chi connectivity index (χ2v) is 5.38. The SMILES string of the molecule is Cc1ncsc1CC(=O)NC1CCCCC1. The van der Waals surface area contributed by atoms with E-state index in [9.17, 15) is 4.79 Å². The van der Waals surface area contributed by atoms with Gasteiger partial charge in [0.25, 0.3) is 0 Å². The maximum absolute atomic E-state index is 11.8. The summed E-state index contributed by atoms with van der Waals surface area (Å²) in [7, 11) is 0. The zero-order chi connectivity index (χ0) is 11.4. The Morgan fingerprint density at radius 1 is 1.50 bits per heavy atom. The van der Waals surface area contributed by atoms with Crippen molar-refractivity contribution in [2.75, 3.05) is 0 Å². The predicted molar refractivity (Wildman–Crippen MR) is 65.6 cm³/mol. The number of amides is 1. The van der Waals surface area contributed by atoms with Gasteiger partial charge in [0.2, 0.25) is 5.91 Å². The second-order valence-electron chi connectivity index (χ2n) is 4.44. The largest absolute Gasteiger partial charge is 0.353 e. The summed E-state index contributed by atoms with van der Waals surface area (Å²) in [6.07, 6.45) is 6.61. The second kappa shape index (κ2) is 5.43. The highest BCUT2D eigenvalue weighted by Gasteiger charge is 2.16. The van der Waals surface area contributed by atoms with E-state index in [0.29, 0.717) is 12.5 Å². The lowest BCUT2D eigenvalue weighted by Gasteiger charge is -2.22. The lowest BCUT2D eigenvalue weighted by Crippen LogP contribution is -2.37. The summed E-state index contributed by atoms with van der Waals surface area (Å²) in [6, 6.07) is 0.412. The van der Waals surface area contributed by atoms with Crippen LogP contribution in [-0.4, -0.2) is 16.9 Å². The summed E-state index contributed by atoms with van der Waals surface area (Å²) in [5.74, 6) is 0.152. The molecule has 3 nitrogen and oxygen atoms in total. The molecule has 16 heavy (non-hydrogen) atoms. The highest BCUT2D eigenvalue weighted by molar-refractivity contribution is 7.09. The molecule has 1 amide bonds. The number of aromatic nitrogens is 1. The molecule has 0 radical (unpaired) electrons. The smallest absolute Gasteiger partial charge is 0.225 e. The van der Waals surface area contributed by atoms with Crippen LogP contribution < -0.4 is 5.32 Å². The molecule has 1 aliphatic rings. The third kappa shape index (κ3) is 3.04. The normalized spacial score (nSPS) is 17.3. The van der Waals surface area contributed by atoms with Gasteiger partial charge in [-0.3, -0.25) is 4.79 Å². The van der Waals surface area contributed by atoms with Gasteiger partial charge in [0.15, 0.2) is 0 Å². The van der Waals surface area contributed by atoms with Crippen molar-refractivity contribution in [3.05, 3.63) is 16.1 Å². The monoisotopic (exact) mass is 238 g/mol. The number of rotatable bonds is 3. The first-order valence-corrected chi connectivity index (χ1v) is 6.82. The molecular formula is C12H18N2OS. The van der Waals surface area contributed by atoms with Crippen molar-refractivity contribution in [1.82, 2.24) is 10.3 Å². The molecule has 0 atom stereocenters. The van der Waals surface area contributed by atoms with Crippen LogP contribution >= 0.6 is 11.3 Å². The zero-order valence-electron chi connectivity index (χ0n) is 9.66. The maximum atomic E-state index is 11.8. The number of hydrogen-bond acceptors (Lipinski definition) is 3. The van der Waals surface area contributed by atoms with E-state index in [1.165, 1.54) is 19.3 Å². The molecule has 4 heteroatoms. The summed E-state index contributed by atoms with van der Waals surface area (Å²) in [6.45, 7) is 1.96. The number of carbonyl (C=O) groups excluding carboxylic acids is 1. The number of carbonyl (C=O) groups is 1. The average Bonchev–Trinajstić information content (AvgIpc) is 2.66. The first kappa shape index (κ1) is 11.6. The summed E-state index contributed by atoms with van der Waals surface area (Å²) in [4.78, 5) is 17.0. The Morgan fingerprint density at radius 2 is 2.25 bits per heavy atom. The van der Waals surface area contributed by atoms with Gasteiger partial charge >= 0.3 is 0 Å². The van der Waals surface area contributed by atoms with E-state index in [0.717, 1.165) is 23.4 Å². The minimum Gasteiger partial charge on any atom is -0.353 e. The van der Waals surface area contributed by atoms with E-state index in [-0.39, 0.29) is 5.91 Å². The van der Waals surface area contributed by atoms with E-state index in [4.69, 9.17) is 0 Å². The van der Waals surface area contributed by atoms with Crippen LogP contribution in [0.1, 0.15) is 42.7 Å². The number of nitrogens with one attached hydrogen (secondary N) is 1. The van der Waals surface area contributed by atoms with E-state index < -0.39 is 0 Å². The Balaban J connectivity index is 1.82. The lowest BCUT2D eigenvalue weighted by atomic mass is 9.95. The quantitative estimate of drug-likeness (QED) is 0.879. The first-order valence-electron chi connectivity index (χ1n) is 5.94. The van der Waals surface area contributed by atoms with Crippen LogP contribution in [0.4, 0.5) is 0 Å². The van der Waals surface area contributed by atoms with Gasteiger partial charge in [0.05, 0.1) is 17.6 Å². The number of aryl methyl sites for hydroxylation is 1. The summed E-state index contributed by atoms with van der Waals surface area (Å²) >= 11 is 1.57. The van der Waals surface area contributed by atoms with Gasteiger partial charge in [-0.1, -0.05) is 19.3 Å². The van der Waals surface area contributed by atoms with E-state index in [1.54, 1.807) is 16.8 Å². The maximum Gasteiger partial charge on any atom is 0.225 e. The van der Waals surface area contributed by atoms with E-state index in [2.05, 4.69) is 10.3 Å². The van der Waals surface area contributed by atoms with Crippen LogP contribution in [0.25, 0.3) is 0 Å². The van der Waals surface area contributed by atoms with Crippen molar-refractivity contribution in [1.29, 1.82) is 0 Å². The summed E-state index contributed by atoms with van der Waals surface area (Å²) < 4.78 is 0. The molecule has 1 heterocycles.